The molecule has 116 valence electrons. The number of hydrogen-bond acceptors (Lipinski definition) is 4. The first-order valence-electron chi connectivity index (χ1n) is 6.97. The molecule has 1 aliphatic heterocycles. The van der Waals surface area contributed by atoms with Crippen LogP contribution in [0.4, 0.5) is 0 Å². The Morgan fingerprint density at radius 2 is 2.00 bits per heavy atom. The molecule has 0 aliphatic carbocycles. The number of fused-ring (bicyclic) bond motifs is 1. The molecule has 0 radical (unpaired) electrons. The third-order valence-corrected chi connectivity index (χ3v) is 4.58. The van der Waals surface area contributed by atoms with Crippen LogP contribution >= 0.6 is 15.9 Å². The summed E-state index contributed by atoms with van der Waals surface area (Å²) in [6.07, 6.45) is 0. The van der Waals surface area contributed by atoms with Crippen LogP contribution in [0.2, 0.25) is 0 Å². The molecule has 1 aromatic carbocycles. The number of ether oxygens (including phenoxy) is 1. The summed E-state index contributed by atoms with van der Waals surface area (Å²) in [5.74, 6) is -0.0771. The predicted octanol–water partition coefficient (Wildman–Crippen LogP) is 2.67. The molecule has 6 heteroatoms. The molecule has 1 aliphatic rings. The molecule has 0 spiro atoms. The molecule has 5 nitrogen and oxygen atoms in total. The predicted molar refractivity (Wildman–Crippen MR) is 89.9 cm³/mol. The number of nitrogens with two attached hydrogens (primary N) is 1. The molecule has 2 aromatic rings. The number of nitriles is 1. The normalized spacial score (nSPS) is 16.5. The van der Waals surface area contributed by atoms with Gasteiger partial charge in [-0.2, -0.15) is 5.26 Å². The van der Waals surface area contributed by atoms with Crippen LogP contribution in [0.3, 0.4) is 0 Å². The minimum atomic E-state index is -0.531. The molecular weight excluding hydrogens is 358 g/mol. The van der Waals surface area contributed by atoms with Crippen molar-refractivity contribution in [2.75, 3.05) is 0 Å². The molecule has 2 heterocycles. The van der Waals surface area contributed by atoms with Gasteiger partial charge in [0.25, 0.3) is 5.56 Å². The summed E-state index contributed by atoms with van der Waals surface area (Å²) in [6, 6.07) is 11.3. The van der Waals surface area contributed by atoms with Crippen molar-refractivity contribution in [3.63, 3.8) is 0 Å². The van der Waals surface area contributed by atoms with E-state index in [0.29, 0.717) is 11.3 Å². The Bertz CT molecular complexity index is 921. The molecule has 1 atom stereocenters. The molecule has 23 heavy (non-hydrogen) atoms. The summed E-state index contributed by atoms with van der Waals surface area (Å²) in [6.45, 7) is 1.82. The molecule has 0 amide bonds. The Hall–Kier alpha value is -2.52. The zero-order valence-electron chi connectivity index (χ0n) is 12.6. The Morgan fingerprint density at radius 1 is 1.35 bits per heavy atom. The van der Waals surface area contributed by atoms with Crippen molar-refractivity contribution in [1.29, 1.82) is 5.26 Å². The van der Waals surface area contributed by atoms with Crippen molar-refractivity contribution < 1.29 is 4.74 Å². The van der Waals surface area contributed by atoms with Crippen molar-refractivity contribution in [2.45, 2.75) is 12.8 Å². The van der Waals surface area contributed by atoms with E-state index >= 15 is 0 Å². The van der Waals surface area contributed by atoms with Crippen LogP contribution in [0.1, 0.15) is 22.7 Å². The molecule has 0 fully saturated rings. The second kappa shape index (κ2) is 5.60. The smallest absolute Gasteiger partial charge is 0.258 e. The zero-order chi connectivity index (χ0) is 16.7. The maximum absolute atomic E-state index is 12.8. The van der Waals surface area contributed by atoms with Gasteiger partial charge in [-0.05, 0) is 24.6 Å². The second-order valence-electron chi connectivity index (χ2n) is 5.40. The standard InChI is InChI=1S/C17H14BrN3O2/c1-9-7-13-15(17(22)21(9)2)14(12(8-19)16(20)23-13)10-3-5-11(18)6-4-10/h3-7,14H,20H2,1-2H3/t14-/m1/s1. The van der Waals surface area contributed by atoms with E-state index in [4.69, 9.17) is 10.5 Å². The molecule has 0 bridgehead atoms. The first-order chi connectivity index (χ1) is 10.9. The van der Waals surface area contributed by atoms with E-state index in [2.05, 4.69) is 22.0 Å². The van der Waals surface area contributed by atoms with Gasteiger partial charge in [0.2, 0.25) is 5.88 Å². The molecule has 3 rings (SSSR count). The van der Waals surface area contributed by atoms with Crippen molar-refractivity contribution in [2.24, 2.45) is 12.8 Å². The van der Waals surface area contributed by atoms with Crippen LogP contribution in [0.5, 0.6) is 5.75 Å². The highest BCUT2D eigenvalue weighted by atomic mass is 79.9. The molecule has 0 saturated carbocycles. The lowest BCUT2D eigenvalue weighted by atomic mass is 9.84. The third kappa shape index (κ3) is 2.43. The fourth-order valence-electron chi connectivity index (χ4n) is 2.73. The third-order valence-electron chi connectivity index (χ3n) is 4.06. The Morgan fingerprint density at radius 3 is 2.61 bits per heavy atom. The Balaban J connectivity index is 2.33. The van der Waals surface area contributed by atoms with Gasteiger partial charge in [-0.3, -0.25) is 4.79 Å². The lowest BCUT2D eigenvalue weighted by Gasteiger charge is -2.26. The van der Waals surface area contributed by atoms with Gasteiger partial charge < -0.3 is 15.0 Å². The topological polar surface area (TPSA) is 81.0 Å². The quantitative estimate of drug-likeness (QED) is 0.835. The number of pyridine rings is 1. The number of benzene rings is 1. The molecule has 0 unspecified atom stereocenters. The van der Waals surface area contributed by atoms with E-state index in [-0.39, 0.29) is 17.0 Å². The van der Waals surface area contributed by atoms with E-state index < -0.39 is 5.92 Å². The van der Waals surface area contributed by atoms with Crippen molar-refractivity contribution in [3.8, 4) is 11.8 Å². The van der Waals surface area contributed by atoms with Gasteiger partial charge in [-0.15, -0.1) is 0 Å². The summed E-state index contributed by atoms with van der Waals surface area (Å²) in [4.78, 5) is 12.8. The van der Waals surface area contributed by atoms with Gasteiger partial charge in [0.05, 0.1) is 11.5 Å². The average Bonchev–Trinajstić information content (AvgIpc) is 2.52. The number of allylic oxidation sites excluding steroid dienone is 1. The number of rotatable bonds is 1. The number of aryl methyl sites for hydroxylation is 1. The molecular formula is C17H14BrN3O2. The lowest BCUT2D eigenvalue weighted by Crippen LogP contribution is -2.31. The van der Waals surface area contributed by atoms with E-state index in [0.717, 1.165) is 15.7 Å². The minimum absolute atomic E-state index is 0.0422. The van der Waals surface area contributed by atoms with Gasteiger partial charge in [-0.25, -0.2) is 0 Å². The SMILES string of the molecule is Cc1cc2c(c(=O)n1C)[C@H](c1ccc(Br)cc1)C(C#N)=C(N)O2. The van der Waals surface area contributed by atoms with Crippen LogP contribution in [-0.2, 0) is 7.05 Å². The van der Waals surface area contributed by atoms with Crippen molar-refractivity contribution in [3.05, 3.63) is 73.4 Å². The van der Waals surface area contributed by atoms with Gasteiger partial charge in [0.1, 0.15) is 17.4 Å². The first kappa shape index (κ1) is 15.4. The maximum atomic E-state index is 12.8. The summed E-state index contributed by atoms with van der Waals surface area (Å²) in [5.41, 5.74) is 8.00. The summed E-state index contributed by atoms with van der Waals surface area (Å²) < 4.78 is 8.00. The van der Waals surface area contributed by atoms with Gasteiger partial charge in [0, 0.05) is 23.3 Å². The fourth-order valence-corrected chi connectivity index (χ4v) is 2.99. The molecule has 1 aromatic heterocycles. The van der Waals surface area contributed by atoms with Crippen LogP contribution < -0.4 is 16.0 Å². The lowest BCUT2D eigenvalue weighted by molar-refractivity contribution is 0.389. The van der Waals surface area contributed by atoms with E-state index in [1.54, 1.807) is 17.7 Å². The van der Waals surface area contributed by atoms with Gasteiger partial charge in [-0.1, -0.05) is 28.1 Å². The van der Waals surface area contributed by atoms with E-state index in [1.165, 1.54) is 0 Å². The fraction of sp³-hybridized carbons (Fsp3) is 0.176. The second-order valence-corrected chi connectivity index (χ2v) is 6.32. The van der Waals surface area contributed by atoms with E-state index in [9.17, 15) is 10.1 Å². The van der Waals surface area contributed by atoms with Gasteiger partial charge in [0.15, 0.2) is 0 Å². The highest BCUT2D eigenvalue weighted by Gasteiger charge is 2.33. The monoisotopic (exact) mass is 371 g/mol. The number of hydrogen-bond donors (Lipinski definition) is 1. The summed E-state index contributed by atoms with van der Waals surface area (Å²) in [5, 5.41) is 9.50. The Labute approximate surface area is 141 Å². The van der Waals surface area contributed by atoms with E-state index in [1.807, 2.05) is 31.2 Å². The van der Waals surface area contributed by atoms with Crippen molar-refractivity contribution >= 4 is 15.9 Å². The van der Waals surface area contributed by atoms with Gasteiger partial charge >= 0.3 is 0 Å². The highest BCUT2D eigenvalue weighted by molar-refractivity contribution is 9.10. The number of nitrogens with zero attached hydrogens (tertiary/aromatic N) is 2. The Kier molecular flexibility index (Phi) is 3.74. The number of aromatic nitrogens is 1. The van der Waals surface area contributed by atoms with Crippen molar-refractivity contribution in [1.82, 2.24) is 4.57 Å². The van der Waals surface area contributed by atoms with Crippen LogP contribution in [-0.4, -0.2) is 4.57 Å². The minimum Gasteiger partial charge on any atom is -0.440 e. The molecule has 2 N–H and O–H groups in total. The molecule has 0 saturated heterocycles. The van der Waals surface area contributed by atoms with Crippen LogP contribution in [0, 0.1) is 18.3 Å². The largest absolute Gasteiger partial charge is 0.440 e. The van der Waals surface area contributed by atoms with Crippen LogP contribution in [0.25, 0.3) is 0 Å². The average molecular weight is 372 g/mol. The number of halogens is 1. The maximum Gasteiger partial charge on any atom is 0.258 e. The highest BCUT2D eigenvalue weighted by Crippen LogP contribution is 2.40. The summed E-state index contributed by atoms with van der Waals surface area (Å²) >= 11 is 3.39. The van der Waals surface area contributed by atoms with Crippen LogP contribution in [0.15, 0.2) is 51.1 Å². The summed E-state index contributed by atoms with van der Waals surface area (Å²) in [7, 11) is 1.70. The first-order valence-corrected chi connectivity index (χ1v) is 7.77. The zero-order valence-corrected chi connectivity index (χ0v) is 14.2.